The molecule has 0 N–H and O–H groups in total. The van der Waals surface area contributed by atoms with Crippen LogP contribution in [0.4, 0.5) is 0 Å². The van der Waals surface area contributed by atoms with Gasteiger partial charge in [-0.1, -0.05) is 29.8 Å². The Morgan fingerprint density at radius 3 is 2.80 bits per heavy atom. The number of carbonyl (C=O) groups is 1. The Labute approximate surface area is 147 Å². The third-order valence-corrected chi connectivity index (χ3v) is 5.04. The second-order valence-corrected chi connectivity index (χ2v) is 6.86. The molecule has 1 aromatic carbocycles. The number of fused-ring (bicyclic) bond motifs is 1. The summed E-state index contributed by atoms with van der Waals surface area (Å²) in [6.45, 7) is 3.59. The van der Waals surface area contributed by atoms with Crippen LogP contribution in [-0.4, -0.2) is 38.4 Å². The first-order valence-electron chi connectivity index (χ1n) is 8.72. The van der Waals surface area contributed by atoms with E-state index in [4.69, 9.17) is 4.98 Å². The topological polar surface area (TPSA) is 51.0 Å². The largest absolute Gasteiger partial charge is 0.342 e. The molecule has 2 aromatic heterocycles. The Balaban J connectivity index is 1.47. The fourth-order valence-corrected chi connectivity index (χ4v) is 3.60. The molecule has 0 radical (unpaired) electrons. The highest BCUT2D eigenvalue weighted by Crippen LogP contribution is 2.28. The minimum absolute atomic E-state index is 0.197. The zero-order valence-corrected chi connectivity index (χ0v) is 14.6. The molecule has 5 nitrogen and oxygen atoms in total. The van der Waals surface area contributed by atoms with Crippen LogP contribution in [0, 0.1) is 6.92 Å². The summed E-state index contributed by atoms with van der Waals surface area (Å²) in [5, 5.41) is 0. The Morgan fingerprint density at radius 2 is 2.04 bits per heavy atom. The van der Waals surface area contributed by atoms with Crippen molar-refractivity contribution in [1.29, 1.82) is 0 Å². The monoisotopic (exact) mass is 334 g/mol. The molecule has 4 rings (SSSR count). The molecule has 0 saturated carbocycles. The summed E-state index contributed by atoms with van der Waals surface area (Å²) >= 11 is 0. The molecule has 5 heteroatoms. The molecule has 1 fully saturated rings. The zero-order chi connectivity index (χ0) is 17.4. The van der Waals surface area contributed by atoms with Gasteiger partial charge in [-0.25, -0.2) is 9.97 Å². The van der Waals surface area contributed by atoms with Gasteiger partial charge in [0.2, 0.25) is 5.91 Å². The first-order valence-corrected chi connectivity index (χ1v) is 8.72. The van der Waals surface area contributed by atoms with Gasteiger partial charge in [0.1, 0.15) is 11.3 Å². The maximum Gasteiger partial charge on any atom is 0.227 e. The van der Waals surface area contributed by atoms with Crippen molar-refractivity contribution >= 4 is 17.1 Å². The van der Waals surface area contributed by atoms with Gasteiger partial charge >= 0.3 is 0 Å². The van der Waals surface area contributed by atoms with Gasteiger partial charge in [-0.05, 0) is 31.0 Å². The van der Waals surface area contributed by atoms with Crippen LogP contribution in [-0.2, 0) is 18.3 Å². The van der Waals surface area contributed by atoms with Crippen molar-refractivity contribution in [3.8, 4) is 0 Å². The fourth-order valence-electron chi connectivity index (χ4n) is 3.60. The van der Waals surface area contributed by atoms with E-state index in [-0.39, 0.29) is 11.8 Å². The van der Waals surface area contributed by atoms with Gasteiger partial charge < -0.3 is 9.47 Å². The molecule has 0 bridgehead atoms. The molecule has 1 saturated heterocycles. The molecule has 1 atom stereocenters. The molecule has 3 aromatic rings. The predicted octanol–water partition coefficient (Wildman–Crippen LogP) is 2.84. The summed E-state index contributed by atoms with van der Waals surface area (Å²) in [6.07, 6.45) is 3.22. The number of aromatic nitrogens is 3. The van der Waals surface area contributed by atoms with E-state index in [1.807, 2.05) is 36.2 Å². The van der Waals surface area contributed by atoms with E-state index in [0.29, 0.717) is 6.42 Å². The second-order valence-electron chi connectivity index (χ2n) is 6.86. The third kappa shape index (κ3) is 3.02. The van der Waals surface area contributed by atoms with Crippen molar-refractivity contribution in [1.82, 2.24) is 19.4 Å². The quantitative estimate of drug-likeness (QED) is 0.740. The first kappa shape index (κ1) is 15.8. The zero-order valence-electron chi connectivity index (χ0n) is 14.6. The first-order chi connectivity index (χ1) is 12.1. The molecule has 3 heterocycles. The lowest BCUT2D eigenvalue weighted by atomic mass is 10.1. The van der Waals surface area contributed by atoms with E-state index in [0.717, 1.165) is 42.1 Å². The summed E-state index contributed by atoms with van der Waals surface area (Å²) in [7, 11) is 2.01. The third-order valence-electron chi connectivity index (χ3n) is 5.04. The van der Waals surface area contributed by atoms with E-state index < -0.39 is 0 Å². The van der Waals surface area contributed by atoms with E-state index >= 15 is 0 Å². The van der Waals surface area contributed by atoms with Crippen molar-refractivity contribution in [2.24, 2.45) is 7.05 Å². The van der Waals surface area contributed by atoms with Gasteiger partial charge in [0.05, 0.1) is 6.42 Å². The molecule has 1 aliphatic rings. The minimum Gasteiger partial charge on any atom is -0.342 e. The minimum atomic E-state index is 0.197. The van der Waals surface area contributed by atoms with Gasteiger partial charge in [0.15, 0.2) is 5.65 Å². The fraction of sp³-hybridized carbons (Fsp3) is 0.350. The van der Waals surface area contributed by atoms with Crippen LogP contribution in [0.3, 0.4) is 0 Å². The van der Waals surface area contributed by atoms with Crippen LogP contribution in [0.15, 0.2) is 42.6 Å². The smallest absolute Gasteiger partial charge is 0.227 e. The van der Waals surface area contributed by atoms with Gasteiger partial charge in [-0.15, -0.1) is 0 Å². The van der Waals surface area contributed by atoms with Crippen molar-refractivity contribution in [2.75, 3.05) is 13.1 Å². The predicted molar refractivity (Wildman–Crippen MR) is 97.3 cm³/mol. The van der Waals surface area contributed by atoms with Crippen LogP contribution < -0.4 is 0 Å². The van der Waals surface area contributed by atoms with Gasteiger partial charge in [0.25, 0.3) is 0 Å². The highest BCUT2D eigenvalue weighted by Gasteiger charge is 2.30. The molecule has 0 spiro atoms. The maximum absolute atomic E-state index is 12.6. The molecular formula is C20H22N4O. The van der Waals surface area contributed by atoms with Crippen LogP contribution in [0.5, 0.6) is 0 Å². The lowest BCUT2D eigenvalue weighted by Crippen LogP contribution is -2.30. The van der Waals surface area contributed by atoms with E-state index in [1.54, 1.807) is 6.20 Å². The number of amides is 1. The van der Waals surface area contributed by atoms with E-state index in [9.17, 15) is 4.79 Å². The molecule has 1 aliphatic heterocycles. The Morgan fingerprint density at radius 1 is 1.24 bits per heavy atom. The highest BCUT2D eigenvalue weighted by atomic mass is 16.2. The standard InChI is InChI=1S/C20H22N4O/c1-14-5-7-15(8-6-14)12-18(25)24-11-9-16(13-24)19-22-17-4-3-10-21-20(17)23(19)2/h3-8,10,16H,9,11-13H2,1-2H3/t16-/m1/s1. The SMILES string of the molecule is Cc1ccc(CC(=O)N2CC[C@@H](c3nc4cccnc4n3C)C2)cc1. The molecule has 0 unspecified atom stereocenters. The molecule has 1 amide bonds. The van der Waals surface area contributed by atoms with E-state index in [1.165, 1.54) is 5.56 Å². The van der Waals surface area contributed by atoms with Crippen molar-refractivity contribution < 1.29 is 4.79 Å². The number of rotatable bonds is 3. The summed E-state index contributed by atoms with van der Waals surface area (Å²) in [5.41, 5.74) is 4.12. The summed E-state index contributed by atoms with van der Waals surface area (Å²) < 4.78 is 2.06. The Hall–Kier alpha value is -2.69. The number of benzene rings is 1. The number of pyridine rings is 1. The normalized spacial score (nSPS) is 17.4. The lowest BCUT2D eigenvalue weighted by Gasteiger charge is -2.16. The van der Waals surface area contributed by atoms with Crippen molar-refractivity contribution in [2.45, 2.75) is 25.7 Å². The number of imidazole rings is 1. The maximum atomic E-state index is 12.6. The van der Waals surface area contributed by atoms with Gasteiger partial charge in [-0.2, -0.15) is 0 Å². The number of nitrogens with zero attached hydrogens (tertiary/aromatic N) is 4. The molecule has 0 aliphatic carbocycles. The summed E-state index contributed by atoms with van der Waals surface area (Å²) in [4.78, 5) is 23.7. The van der Waals surface area contributed by atoms with Crippen LogP contribution >= 0.6 is 0 Å². The summed E-state index contributed by atoms with van der Waals surface area (Å²) in [6, 6.07) is 12.1. The van der Waals surface area contributed by atoms with E-state index in [2.05, 4.69) is 28.6 Å². The Bertz CT molecular complexity index is 913. The van der Waals surface area contributed by atoms with Crippen LogP contribution in [0.2, 0.25) is 0 Å². The number of hydrogen-bond donors (Lipinski definition) is 0. The van der Waals surface area contributed by atoms with Crippen LogP contribution in [0.25, 0.3) is 11.2 Å². The number of aryl methyl sites for hydroxylation is 2. The van der Waals surface area contributed by atoms with Crippen LogP contribution in [0.1, 0.15) is 29.3 Å². The van der Waals surface area contributed by atoms with Gasteiger partial charge in [-0.3, -0.25) is 4.79 Å². The molecular weight excluding hydrogens is 312 g/mol. The summed E-state index contributed by atoms with van der Waals surface area (Å²) in [5.74, 6) is 1.50. The van der Waals surface area contributed by atoms with Crippen molar-refractivity contribution in [3.05, 3.63) is 59.5 Å². The molecule has 128 valence electrons. The van der Waals surface area contributed by atoms with Gasteiger partial charge in [0, 0.05) is 32.3 Å². The number of carbonyl (C=O) groups excluding carboxylic acids is 1. The second kappa shape index (κ2) is 6.31. The number of likely N-dealkylation sites (tertiary alicyclic amines) is 1. The number of hydrogen-bond acceptors (Lipinski definition) is 3. The highest BCUT2D eigenvalue weighted by molar-refractivity contribution is 5.79. The average Bonchev–Trinajstić information content (AvgIpc) is 3.22. The lowest BCUT2D eigenvalue weighted by molar-refractivity contribution is -0.129. The molecule has 25 heavy (non-hydrogen) atoms. The Kier molecular flexibility index (Phi) is 3.99. The average molecular weight is 334 g/mol. The van der Waals surface area contributed by atoms with Crippen molar-refractivity contribution in [3.63, 3.8) is 0 Å².